The van der Waals surface area contributed by atoms with Crippen molar-refractivity contribution in [1.82, 2.24) is 0 Å². The molecule has 2 fully saturated rings. The smallest absolute Gasteiger partial charge is 0.142 e. The molecule has 18 heavy (non-hydrogen) atoms. The molecule has 2 nitrogen and oxygen atoms in total. The quantitative estimate of drug-likeness (QED) is 0.886. The molecule has 2 bridgehead atoms. The molecule has 2 heteroatoms. The molecule has 0 radical (unpaired) electrons. The van der Waals surface area contributed by atoms with Crippen molar-refractivity contribution in [2.45, 2.75) is 38.6 Å². The number of carbonyl (C=O) groups excluding carboxylic acids is 1. The number of benzene rings is 1. The number of nitrogens with two attached hydrogens (primary N) is 1. The van der Waals surface area contributed by atoms with E-state index in [-0.39, 0.29) is 12.0 Å². The third-order valence-corrected chi connectivity index (χ3v) is 4.85. The second kappa shape index (κ2) is 4.51. The van der Waals surface area contributed by atoms with Gasteiger partial charge in [0.05, 0.1) is 0 Å². The van der Waals surface area contributed by atoms with Crippen molar-refractivity contribution in [2.24, 2.45) is 23.5 Å². The Labute approximate surface area is 109 Å². The lowest BCUT2D eigenvalue weighted by atomic mass is 9.80. The van der Waals surface area contributed by atoms with Gasteiger partial charge in [-0.15, -0.1) is 0 Å². The molecule has 4 atom stereocenters. The van der Waals surface area contributed by atoms with E-state index in [0.717, 1.165) is 5.56 Å². The van der Waals surface area contributed by atoms with E-state index in [2.05, 4.69) is 31.2 Å². The van der Waals surface area contributed by atoms with Gasteiger partial charge in [0.2, 0.25) is 0 Å². The van der Waals surface area contributed by atoms with E-state index in [1.807, 2.05) is 0 Å². The first kappa shape index (κ1) is 11.9. The number of carbonyl (C=O) groups is 1. The number of Topliss-reactive ketones (excluding diaryl/α,β-unsaturated/α-hetero) is 1. The van der Waals surface area contributed by atoms with Gasteiger partial charge in [-0.3, -0.25) is 4.79 Å². The summed E-state index contributed by atoms with van der Waals surface area (Å²) < 4.78 is 0. The highest BCUT2D eigenvalue weighted by Gasteiger charge is 2.48. The van der Waals surface area contributed by atoms with Crippen LogP contribution >= 0.6 is 0 Å². The van der Waals surface area contributed by atoms with Crippen LogP contribution in [0.25, 0.3) is 0 Å². The van der Waals surface area contributed by atoms with Crippen LogP contribution in [0.4, 0.5) is 0 Å². The average molecular weight is 243 g/mol. The van der Waals surface area contributed by atoms with Crippen LogP contribution < -0.4 is 5.73 Å². The van der Waals surface area contributed by atoms with Gasteiger partial charge in [0.1, 0.15) is 5.78 Å². The molecule has 2 aliphatic carbocycles. The predicted molar refractivity (Wildman–Crippen MR) is 72.2 cm³/mol. The Hall–Kier alpha value is -1.15. The van der Waals surface area contributed by atoms with E-state index < -0.39 is 0 Å². The lowest BCUT2D eigenvalue weighted by molar-refractivity contribution is -0.124. The fourth-order valence-electron chi connectivity index (χ4n) is 3.84. The molecule has 0 saturated heterocycles. The van der Waals surface area contributed by atoms with Crippen LogP contribution in [-0.4, -0.2) is 11.8 Å². The summed E-state index contributed by atoms with van der Waals surface area (Å²) in [7, 11) is 0. The SMILES string of the molecule is Cc1ccc(CC(=O)C2C3CCC(C3)C2N)cc1. The van der Waals surface area contributed by atoms with Gasteiger partial charge >= 0.3 is 0 Å². The number of aryl methyl sites for hydroxylation is 1. The molecule has 0 heterocycles. The Bertz CT molecular complexity index is 449. The van der Waals surface area contributed by atoms with Crippen LogP contribution in [-0.2, 0) is 11.2 Å². The number of hydrogen-bond acceptors (Lipinski definition) is 2. The summed E-state index contributed by atoms with van der Waals surface area (Å²) in [5.41, 5.74) is 8.59. The molecule has 4 unspecified atom stereocenters. The minimum absolute atomic E-state index is 0.127. The van der Waals surface area contributed by atoms with Crippen LogP contribution in [0.1, 0.15) is 30.4 Å². The highest BCUT2D eigenvalue weighted by molar-refractivity contribution is 5.84. The fourth-order valence-corrected chi connectivity index (χ4v) is 3.84. The predicted octanol–water partition coefficient (Wildman–Crippen LogP) is 2.48. The monoisotopic (exact) mass is 243 g/mol. The summed E-state index contributed by atoms with van der Waals surface area (Å²) in [6.07, 6.45) is 4.19. The van der Waals surface area contributed by atoms with Crippen molar-refractivity contribution in [1.29, 1.82) is 0 Å². The molecule has 0 aromatic heterocycles. The molecule has 0 spiro atoms. The minimum atomic E-state index is 0.127. The molecular weight excluding hydrogens is 222 g/mol. The Balaban J connectivity index is 1.70. The summed E-state index contributed by atoms with van der Waals surface area (Å²) in [5, 5.41) is 0. The van der Waals surface area contributed by atoms with Crippen LogP contribution in [0.5, 0.6) is 0 Å². The van der Waals surface area contributed by atoms with Crippen LogP contribution in [0.15, 0.2) is 24.3 Å². The Kier molecular flexibility index (Phi) is 2.98. The van der Waals surface area contributed by atoms with Crippen LogP contribution in [0, 0.1) is 24.7 Å². The molecule has 96 valence electrons. The largest absolute Gasteiger partial charge is 0.327 e. The molecule has 0 amide bonds. The third-order valence-electron chi connectivity index (χ3n) is 4.85. The molecular formula is C16H21NO. The first-order chi connectivity index (χ1) is 8.65. The molecule has 2 N–H and O–H groups in total. The minimum Gasteiger partial charge on any atom is -0.327 e. The van der Waals surface area contributed by atoms with Gasteiger partial charge in [0.15, 0.2) is 0 Å². The third kappa shape index (κ3) is 1.99. The first-order valence-corrected chi connectivity index (χ1v) is 6.99. The van der Waals surface area contributed by atoms with Crippen molar-refractivity contribution < 1.29 is 4.79 Å². The van der Waals surface area contributed by atoms with Crippen molar-refractivity contribution >= 4 is 5.78 Å². The molecule has 2 aliphatic rings. The molecule has 3 rings (SSSR count). The Morgan fingerprint density at radius 2 is 1.89 bits per heavy atom. The maximum Gasteiger partial charge on any atom is 0.142 e. The molecule has 1 aromatic rings. The summed E-state index contributed by atoms with van der Waals surface area (Å²) in [6.45, 7) is 2.07. The van der Waals surface area contributed by atoms with E-state index >= 15 is 0 Å². The fraction of sp³-hybridized carbons (Fsp3) is 0.562. The summed E-state index contributed by atoms with van der Waals surface area (Å²) in [6, 6.07) is 8.40. The van der Waals surface area contributed by atoms with Crippen molar-refractivity contribution in [3.05, 3.63) is 35.4 Å². The number of hydrogen-bond donors (Lipinski definition) is 1. The van der Waals surface area contributed by atoms with Gasteiger partial charge in [0, 0.05) is 18.4 Å². The van der Waals surface area contributed by atoms with Gasteiger partial charge in [0.25, 0.3) is 0 Å². The highest BCUT2D eigenvalue weighted by Crippen LogP contribution is 2.48. The van der Waals surface area contributed by atoms with Crippen molar-refractivity contribution in [3.63, 3.8) is 0 Å². The van der Waals surface area contributed by atoms with Gasteiger partial charge < -0.3 is 5.73 Å². The van der Waals surface area contributed by atoms with Crippen LogP contribution in [0.3, 0.4) is 0 Å². The zero-order valence-electron chi connectivity index (χ0n) is 10.9. The highest BCUT2D eigenvalue weighted by atomic mass is 16.1. The first-order valence-electron chi connectivity index (χ1n) is 6.99. The Morgan fingerprint density at radius 3 is 2.50 bits per heavy atom. The normalized spacial score (nSPS) is 33.9. The maximum atomic E-state index is 12.4. The van der Waals surface area contributed by atoms with E-state index in [9.17, 15) is 4.79 Å². The summed E-state index contributed by atoms with van der Waals surface area (Å²) in [5.74, 6) is 1.67. The molecule has 2 saturated carbocycles. The zero-order valence-corrected chi connectivity index (χ0v) is 10.9. The second-order valence-corrected chi connectivity index (χ2v) is 6.07. The van der Waals surface area contributed by atoms with E-state index in [1.54, 1.807) is 0 Å². The molecule has 1 aromatic carbocycles. The maximum absolute atomic E-state index is 12.4. The Morgan fingerprint density at radius 1 is 1.22 bits per heavy atom. The van der Waals surface area contributed by atoms with E-state index in [4.69, 9.17) is 5.73 Å². The number of rotatable bonds is 3. The summed E-state index contributed by atoms with van der Waals surface area (Å²) >= 11 is 0. The standard InChI is InChI=1S/C16H21NO/c1-10-2-4-11(5-3-10)8-14(18)15-12-6-7-13(9-12)16(15)17/h2-5,12-13,15-16H,6-9,17H2,1H3. The van der Waals surface area contributed by atoms with Crippen LogP contribution in [0.2, 0.25) is 0 Å². The van der Waals surface area contributed by atoms with Gasteiger partial charge in [-0.25, -0.2) is 0 Å². The van der Waals surface area contributed by atoms with Gasteiger partial charge in [-0.2, -0.15) is 0 Å². The van der Waals surface area contributed by atoms with Crippen molar-refractivity contribution in [3.8, 4) is 0 Å². The van der Waals surface area contributed by atoms with Gasteiger partial charge in [-0.1, -0.05) is 29.8 Å². The average Bonchev–Trinajstić information content (AvgIpc) is 2.92. The number of fused-ring (bicyclic) bond motifs is 2. The summed E-state index contributed by atoms with van der Waals surface area (Å²) in [4.78, 5) is 12.4. The second-order valence-electron chi connectivity index (χ2n) is 6.07. The van der Waals surface area contributed by atoms with E-state index in [1.165, 1.54) is 24.8 Å². The number of ketones is 1. The zero-order chi connectivity index (χ0) is 12.7. The molecule has 0 aliphatic heterocycles. The van der Waals surface area contributed by atoms with Crippen molar-refractivity contribution in [2.75, 3.05) is 0 Å². The lowest BCUT2D eigenvalue weighted by Crippen LogP contribution is -2.40. The topological polar surface area (TPSA) is 43.1 Å². The van der Waals surface area contributed by atoms with Gasteiger partial charge in [-0.05, 0) is 43.6 Å². The van der Waals surface area contributed by atoms with E-state index in [0.29, 0.717) is 24.0 Å². The lowest BCUT2D eigenvalue weighted by Gasteiger charge is -2.26.